The zero-order valence-corrected chi connectivity index (χ0v) is 14.2. The average molecular weight is 302 g/mol. The fourth-order valence-electron chi connectivity index (χ4n) is 7.44. The van der Waals surface area contributed by atoms with Gasteiger partial charge in [0.25, 0.3) is 0 Å². The Morgan fingerprint density at radius 2 is 1.82 bits per heavy atom. The van der Waals surface area contributed by atoms with Crippen molar-refractivity contribution in [2.45, 2.75) is 77.2 Å². The van der Waals surface area contributed by atoms with Crippen molar-refractivity contribution in [2.24, 2.45) is 34.5 Å². The second-order valence-electron chi connectivity index (χ2n) is 9.75. The first-order valence-electron chi connectivity index (χ1n) is 9.64. The zero-order valence-electron chi connectivity index (χ0n) is 14.2. The number of hydrogen-bond donors (Lipinski definition) is 0. The van der Waals surface area contributed by atoms with Crippen molar-refractivity contribution in [3.8, 4) is 0 Å². The van der Waals surface area contributed by atoms with Crippen LogP contribution in [0.15, 0.2) is 0 Å². The SMILES string of the molecule is C[C@]12CCC3C(CC[C@H]4C[C@]5(CC[C@]34C)CO5)C1CCC2=O. The summed E-state index contributed by atoms with van der Waals surface area (Å²) in [4.78, 5) is 12.4. The fraction of sp³-hybridized carbons (Fsp3) is 0.950. The lowest BCUT2D eigenvalue weighted by Gasteiger charge is -2.60. The molecule has 5 aliphatic rings. The van der Waals surface area contributed by atoms with Crippen LogP contribution in [-0.4, -0.2) is 18.0 Å². The molecule has 0 aromatic rings. The Hall–Kier alpha value is -0.370. The molecule has 122 valence electrons. The molecule has 1 aliphatic heterocycles. The van der Waals surface area contributed by atoms with Crippen molar-refractivity contribution < 1.29 is 9.53 Å². The number of hydrogen-bond acceptors (Lipinski definition) is 2. The van der Waals surface area contributed by atoms with Crippen LogP contribution >= 0.6 is 0 Å². The van der Waals surface area contributed by atoms with Crippen molar-refractivity contribution in [2.75, 3.05) is 6.61 Å². The smallest absolute Gasteiger partial charge is 0.139 e. The highest BCUT2D eigenvalue weighted by Crippen LogP contribution is 2.67. The summed E-state index contributed by atoms with van der Waals surface area (Å²) in [6, 6.07) is 0. The molecule has 22 heavy (non-hydrogen) atoms. The second-order valence-corrected chi connectivity index (χ2v) is 9.75. The lowest BCUT2D eigenvalue weighted by molar-refractivity contribution is -0.140. The summed E-state index contributed by atoms with van der Waals surface area (Å²) in [5.74, 6) is 3.88. The second kappa shape index (κ2) is 4.18. The van der Waals surface area contributed by atoms with E-state index in [2.05, 4.69) is 13.8 Å². The summed E-state index contributed by atoms with van der Waals surface area (Å²) in [5, 5.41) is 0. The van der Waals surface area contributed by atoms with E-state index in [4.69, 9.17) is 4.74 Å². The first kappa shape index (κ1) is 14.0. The Morgan fingerprint density at radius 1 is 1.00 bits per heavy atom. The molecule has 1 saturated heterocycles. The molecule has 2 nitrogen and oxygen atoms in total. The van der Waals surface area contributed by atoms with Crippen molar-refractivity contribution in [3.05, 3.63) is 0 Å². The molecule has 0 bridgehead atoms. The zero-order chi connectivity index (χ0) is 15.2. The van der Waals surface area contributed by atoms with Gasteiger partial charge in [-0.3, -0.25) is 4.79 Å². The number of ketones is 1. The third-order valence-electron chi connectivity index (χ3n) is 9.06. The van der Waals surface area contributed by atoms with Crippen LogP contribution in [0, 0.1) is 34.5 Å². The minimum Gasteiger partial charge on any atom is -0.370 e. The van der Waals surface area contributed by atoms with E-state index < -0.39 is 0 Å². The molecule has 4 aliphatic carbocycles. The first-order chi connectivity index (χ1) is 10.5. The van der Waals surface area contributed by atoms with Gasteiger partial charge in [-0.25, -0.2) is 0 Å². The first-order valence-corrected chi connectivity index (χ1v) is 9.64. The van der Waals surface area contributed by atoms with Crippen molar-refractivity contribution >= 4 is 5.78 Å². The van der Waals surface area contributed by atoms with Gasteiger partial charge in [0.2, 0.25) is 0 Å². The molecular weight excluding hydrogens is 272 g/mol. The Balaban J connectivity index is 1.45. The molecule has 1 spiro atoms. The predicted molar refractivity (Wildman–Crippen MR) is 85.4 cm³/mol. The Kier molecular flexibility index (Phi) is 2.66. The number of Topliss-reactive ketones (excluding diaryl/α,β-unsaturated/α-hetero) is 1. The lowest BCUT2D eigenvalue weighted by atomic mass is 9.44. The van der Waals surface area contributed by atoms with Crippen LogP contribution in [0.25, 0.3) is 0 Å². The third-order valence-corrected chi connectivity index (χ3v) is 9.06. The fourth-order valence-corrected chi connectivity index (χ4v) is 7.44. The molecule has 0 radical (unpaired) electrons. The molecule has 4 saturated carbocycles. The van der Waals surface area contributed by atoms with Gasteiger partial charge in [-0.1, -0.05) is 13.8 Å². The Labute approximate surface area is 134 Å². The van der Waals surface area contributed by atoms with Gasteiger partial charge < -0.3 is 4.74 Å². The summed E-state index contributed by atoms with van der Waals surface area (Å²) < 4.78 is 5.82. The van der Waals surface area contributed by atoms with Crippen LogP contribution in [0.4, 0.5) is 0 Å². The van der Waals surface area contributed by atoms with Crippen LogP contribution in [0.1, 0.15) is 71.6 Å². The van der Waals surface area contributed by atoms with E-state index in [-0.39, 0.29) is 5.41 Å². The highest BCUT2D eigenvalue weighted by Gasteiger charge is 2.63. The molecule has 7 atom stereocenters. The Bertz CT molecular complexity index is 522. The van der Waals surface area contributed by atoms with Gasteiger partial charge in [0.05, 0.1) is 12.2 Å². The summed E-state index contributed by atoms with van der Waals surface area (Å²) >= 11 is 0. The highest BCUT2D eigenvalue weighted by atomic mass is 16.6. The maximum atomic E-state index is 12.4. The number of fused-ring (bicyclic) bond motifs is 5. The monoisotopic (exact) mass is 302 g/mol. The van der Waals surface area contributed by atoms with Crippen LogP contribution in [0.5, 0.6) is 0 Å². The predicted octanol–water partition coefficient (Wildman–Crippen LogP) is 4.37. The van der Waals surface area contributed by atoms with E-state index in [0.717, 1.165) is 30.8 Å². The third kappa shape index (κ3) is 1.63. The van der Waals surface area contributed by atoms with Crippen LogP contribution in [-0.2, 0) is 9.53 Å². The molecule has 3 unspecified atom stereocenters. The average Bonchev–Trinajstić information content (AvgIpc) is 3.19. The van der Waals surface area contributed by atoms with Gasteiger partial charge in [-0.05, 0) is 80.5 Å². The molecule has 2 heteroatoms. The molecular formula is C20H30O2. The Morgan fingerprint density at radius 3 is 2.59 bits per heavy atom. The molecule has 0 aromatic carbocycles. The van der Waals surface area contributed by atoms with E-state index in [1.807, 2.05) is 0 Å². The van der Waals surface area contributed by atoms with Crippen LogP contribution < -0.4 is 0 Å². The van der Waals surface area contributed by atoms with Crippen molar-refractivity contribution in [3.63, 3.8) is 0 Å². The number of carbonyl (C=O) groups is 1. The topological polar surface area (TPSA) is 29.6 Å². The van der Waals surface area contributed by atoms with Crippen LogP contribution in [0.2, 0.25) is 0 Å². The lowest BCUT2D eigenvalue weighted by Crippen LogP contribution is -2.54. The van der Waals surface area contributed by atoms with Crippen molar-refractivity contribution in [1.82, 2.24) is 0 Å². The number of epoxide rings is 1. The van der Waals surface area contributed by atoms with Gasteiger partial charge in [0.1, 0.15) is 5.78 Å². The van der Waals surface area contributed by atoms with Crippen LogP contribution in [0.3, 0.4) is 0 Å². The normalized spacial score (nSPS) is 59.8. The quantitative estimate of drug-likeness (QED) is 0.622. The van der Waals surface area contributed by atoms with Gasteiger partial charge in [0, 0.05) is 11.8 Å². The van der Waals surface area contributed by atoms with E-state index >= 15 is 0 Å². The van der Waals surface area contributed by atoms with Gasteiger partial charge in [0.15, 0.2) is 0 Å². The highest BCUT2D eigenvalue weighted by molar-refractivity contribution is 5.87. The molecule has 0 amide bonds. The van der Waals surface area contributed by atoms with E-state index in [1.54, 1.807) is 0 Å². The number of ether oxygens (including phenoxy) is 1. The van der Waals surface area contributed by atoms with E-state index in [1.165, 1.54) is 51.4 Å². The minimum atomic E-state index is 0.0415. The maximum Gasteiger partial charge on any atom is 0.139 e. The standard InChI is InChI=1S/C20H30O2/c1-18-9-10-20(12-22-20)11-13(18)3-4-14-15-5-6-17(21)19(15,2)8-7-16(14)18/h13-16H,3-12H2,1-2H3/t13-,14?,15?,16?,18-,19-,20+/m0/s1. The molecule has 5 rings (SSSR count). The summed E-state index contributed by atoms with van der Waals surface area (Å²) in [7, 11) is 0. The van der Waals surface area contributed by atoms with Gasteiger partial charge in [-0.2, -0.15) is 0 Å². The molecule has 0 N–H and O–H groups in total. The molecule has 5 fully saturated rings. The van der Waals surface area contributed by atoms with Gasteiger partial charge in [-0.15, -0.1) is 0 Å². The van der Waals surface area contributed by atoms with Crippen molar-refractivity contribution in [1.29, 1.82) is 0 Å². The number of rotatable bonds is 0. The van der Waals surface area contributed by atoms with Gasteiger partial charge >= 0.3 is 0 Å². The summed E-state index contributed by atoms with van der Waals surface area (Å²) in [5.41, 5.74) is 0.885. The molecule has 1 heterocycles. The molecule has 0 aromatic heterocycles. The number of carbonyl (C=O) groups excluding carboxylic acids is 1. The maximum absolute atomic E-state index is 12.4. The largest absolute Gasteiger partial charge is 0.370 e. The van der Waals surface area contributed by atoms with E-state index in [0.29, 0.717) is 22.7 Å². The van der Waals surface area contributed by atoms with E-state index in [9.17, 15) is 4.79 Å². The minimum absolute atomic E-state index is 0.0415. The summed E-state index contributed by atoms with van der Waals surface area (Å²) in [6.45, 7) is 5.93. The summed E-state index contributed by atoms with van der Waals surface area (Å²) in [6.07, 6.45) is 11.3.